The molecule has 0 aliphatic carbocycles. The first kappa shape index (κ1) is 13.7. The highest BCUT2D eigenvalue weighted by atomic mass is 16.5. The van der Waals surface area contributed by atoms with Crippen LogP contribution in [-0.2, 0) is 11.8 Å². The number of amides is 2. The number of nitrogens with one attached hydrogen (secondary N) is 2. The molecule has 2 amide bonds. The molecule has 1 aromatic heterocycles. The number of hydrogen-bond donors (Lipinski definition) is 2. The average Bonchev–Trinajstić information content (AvgIpc) is 2.98. The van der Waals surface area contributed by atoms with Crippen molar-refractivity contribution in [2.75, 3.05) is 38.3 Å². The molecule has 106 valence electrons. The predicted octanol–water partition coefficient (Wildman–Crippen LogP) is -0.0556. The van der Waals surface area contributed by atoms with Gasteiger partial charge in [-0.3, -0.25) is 4.68 Å². The molecule has 7 nitrogen and oxygen atoms in total. The summed E-state index contributed by atoms with van der Waals surface area (Å²) in [7, 11) is 3.51. The molecule has 1 atom stereocenters. The zero-order valence-corrected chi connectivity index (χ0v) is 11.4. The first-order chi connectivity index (χ1) is 9.19. The van der Waals surface area contributed by atoms with Crippen molar-refractivity contribution in [3.8, 4) is 0 Å². The van der Waals surface area contributed by atoms with E-state index in [-0.39, 0.29) is 12.1 Å². The van der Waals surface area contributed by atoms with Crippen LogP contribution in [0.25, 0.3) is 0 Å². The van der Waals surface area contributed by atoms with Gasteiger partial charge in [-0.2, -0.15) is 5.10 Å². The van der Waals surface area contributed by atoms with Crippen LogP contribution in [0.3, 0.4) is 0 Å². The summed E-state index contributed by atoms with van der Waals surface area (Å²) < 4.78 is 6.66. The highest BCUT2D eigenvalue weighted by molar-refractivity contribution is 5.74. The van der Waals surface area contributed by atoms with Crippen LogP contribution in [0, 0.1) is 0 Å². The van der Waals surface area contributed by atoms with Gasteiger partial charge >= 0.3 is 6.03 Å². The number of carbonyl (C=O) groups is 1. The minimum absolute atomic E-state index is 0.130. The summed E-state index contributed by atoms with van der Waals surface area (Å²) in [5.74, 6) is 0. The minimum atomic E-state index is -0.130. The predicted molar refractivity (Wildman–Crippen MR) is 72.2 cm³/mol. The first-order valence-electron chi connectivity index (χ1n) is 6.46. The standard InChI is InChI=1S/C12H21N5O2/c1-16-9-11(7-14-16)17-5-3-10(8-17)15-12(18)13-4-6-19-2/h7,9-10H,3-6,8H2,1-2H3,(H2,13,15,18)/t10-/m1/s1. The van der Waals surface area contributed by atoms with Crippen molar-refractivity contribution >= 4 is 11.7 Å². The molecule has 1 aromatic rings. The molecule has 1 aliphatic rings. The summed E-state index contributed by atoms with van der Waals surface area (Å²) in [6.45, 7) is 2.82. The Labute approximate surface area is 112 Å². The molecular formula is C12H21N5O2. The molecular weight excluding hydrogens is 246 g/mol. The first-order valence-corrected chi connectivity index (χ1v) is 6.46. The number of rotatable bonds is 5. The van der Waals surface area contributed by atoms with Crippen LogP contribution in [0.5, 0.6) is 0 Å². The Kier molecular flexibility index (Phi) is 4.62. The number of carbonyl (C=O) groups excluding carboxylic acids is 1. The van der Waals surface area contributed by atoms with Crippen LogP contribution in [-0.4, -0.2) is 55.2 Å². The topological polar surface area (TPSA) is 71.4 Å². The molecule has 0 saturated carbocycles. The zero-order chi connectivity index (χ0) is 13.7. The number of aryl methyl sites for hydroxylation is 1. The van der Waals surface area contributed by atoms with Gasteiger partial charge in [-0.25, -0.2) is 4.79 Å². The molecule has 1 fully saturated rings. The van der Waals surface area contributed by atoms with E-state index in [4.69, 9.17) is 4.74 Å². The highest BCUT2D eigenvalue weighted by Gasteiger charge is 2.24. The Morgan fingerprint density at radius 2 is 2.47 bits per heavy atom. The van der Waals surface area contributed by atoms with Crippen molar-refractivity contribution in [2.45, 2.75) is 12.5 Å². The number of anilines is 1. The number of ether oxygens (including phenoxy) is 1. The van der Waals surface area contributed by atoms with E-state index in [0.717, 1.165) is 25.2 Å². The Hall–Kier alpha value is -1.76. The van der Waals surface area contributed by atoms with E-state index < -0.39 is 0 Å². The average molecular weight is 267 g/mol. The summed E-state index contributed by atoms with van der Waals surface area (Å²) in [5.41, 5.74) is 1.10. The Bertz CT molecular complexity index is 420. The minimum Gasteiger partial charge on any atom is -0.383 e. The van der Waals surface area contributed by atoms with Gasteiger partial charge in [0.15, 0.2) is 0 Å². The van der Waals surface area contributed by atoms with Crippen LogP contribution in [0.4, 0.5) is 10.5 Å². The fourth-order valence-corrected chi connectivity index (χ4v) is 2.19. The number of urea groups is 1. The zero-order valence-electron chi connectivity index (χ0n) is 11.4. The maximum atomic E-state index is 11.6. The van der Waals surface area contributed by atoms with Gasteiger partial charge in [0, 0.05) is 46.0 Å². The van der Waals surface area contributed by atoms with Gasteiger partial charge in [0.2, 0.25) is 0 Å². The van der Waals surface area contributed by atoms with Crippen molar-refractivity contribution < 1.29 is 9.53 Å². The summed E-state index contributed by atoms with van der Waals surface area (Å²) in [6.07, 6.45) is 4.79. The van der Waals surface area contributed by atoms with E-state index >= 15 is 0 Å². The third kappa shape index (κ3) is 3.85. The maximum Gasteiger partial charge on any atom is 0.315 e. The molecule has 19 heavy (non-hydrogen) atoms. The van der Waals surface area contributed by atoms with Crippen LogP contribution in [0.2, 0.25) is 0 Å². The summed E-state index contributed by atoms with van der Waals surface area (Å²) in [6, 6.07) is 0.0536. The van der Waals surface area contributed by atoms with Crippen LogP contribution in [0.15, 0.2) is 12.4 Å². The molecule has 1 aliphatic heterocycles. The Balaban J connectivity index is 1.74. The van der Waals surface area contributed by atoms with Crippen LogP contribution < -0.4 is 15.5 Å². The normalized spacial score (nSPS) is 18.6. The molecule has 7 heteroatoms. The second-order valence-electron chi connectivity index (χ2n) is 4.70. The van der Waals surface area contributed by atoms with E-state index in [1.807, 2.05) is 19.4 Å². The van der Waals surface area contributed by atoms with E-state index in [1.165, 1.54) is 0 Å². The van der Waals surface area contributed by atoms with E-state index in [1.54, 1.807) is 11.8 Å². The lowest BCUT2D eigenvalue weighted by Gasteiger charge is -2.17. The van der Waals surface area contributed by atoms with Gasteiger partial charge in [-0.15, -0.1) is 0 Å². The third-order valence-electron chi connectivity index (χ3n) is 3.17. The fraction of sp³-hybridized carbons (Fsp3) is 0.667. The smallest absolute Gasteiger partial charge is 0.315 e. The summed E-state index contributed by atoms with van der Waals surface area (Å²) >= 11 is 0. The van der Waals surface area contributed by atoms with Crippen molar-refractivity contribution in [1.29, 1.82) is 0 Å². The lowest BCUT2D eigenvalue weighted by molar-refractivity contribution is 0.195. The molecule has 0 radical (unpaired) electrons. The monoisotopic (exact) mass is 267 g/mol. The Morgan fingerprint density at radius 3 is 3.16 bits per heavy atom. The van der Waals surface area contributed by atoms with Gasteiger partial charge in [0.1, 0.15) is 0 Å². The molecule has 2 heterocycles. The molecule has 0 unspecified atom stereocenters. The van der Waals surface area contributed by atoms with Crippen molar-refractivity contribution in [2.24, 2.45) is 7.05 Å². The second kappa shape index (κ2) is 6.42. The van der Waals surface area contributed by atoms with Gasteiger partial charge in [0.05, 0.1) is 18.5 Å². The number of aromatic nitrogens is 2. The van der Waals surface area contributed by atoms with Gasteiger partial charge in [-0.05, 0) is 6.42 Å². The molecule has 0 bridgehead atoms. The summed E-state index contributed by atoms with van der Waals surface area (Å²) in [5, 5.41) is 9.89. The van der Waals surface area contributed by atoms with Crippen molar-refractivity contribution in [3.05, 3.63) is 12.4 Å². The number of methoxy groups -OCH3 is 1. The lowest BCUT2D eigenvalue weighted by Crippen LogP contribution is -2.44. The second-order valence-corrected chi connectivity index (χ2v) is 4.70. The van der Waals surface area contributed by atoms with E-state index in [0.29, 0.717) is 13.2 Å². The molecule has 0 aromatic carbocycles. The number of hydrogen-bond acceptors (Lipinski definition) is 4. The van der Waals surface area contributed by atoms with E-state index in [9.17, 15) is 4.79 Å². The summed E-state index contributed by atoms with van der Waals surface area (Å²) in [4.78, 5) is 13.8. The quantitative estimate of drug-likeness (QED) is 0.734. The molecule has 0 spiro atoms. The van der Waals surface area contributed by atoms with Gasteiger partial charge in [0.25, 0.3) is 0 Å². The van der Waals surface area contributed by atoms with Crippen molar-refractivity contribution in [3.63, 3.8) is 0 Å². The van der Waals surface area contributed by atoms with Gasteiger partial charge < -0.3 is 20.3 Å². The van der Waals surface area contributed by atoms with Gasteiger partial charge in [-0.1, -0.05) is 0 Å². The Morgan fingerprint density at radius 1 is 1.63 bits per heavy atom. The molecule has 2 rings (SSSR count). The third-order valence-corrected chi connectivity index (χ3v) is 3.17. The van der Waals surface area contributed by atoms with Crippen molar-refractivity contribution in [1.82, 2.24) is 20.4 Å². The van der Waals surface area contributed by atoms with Crippen LogP contribution in [0.1, 0.15) is 6.42 Å². The SMILES string of the molecule is COCCNC(=O)N[C@@H]1CCN(c2cnn(C)c2)C1. The molecule has 1 saturated heterocycles. The number of nitrogens with zero attached hydrogens (tertiary/aromatic N) is 3. The fourth-order valence-electron chi connectivity index (χ4n) is 2.19. The lowest BCUT2D eigenvalue weighted by atomic mass is 10.3. The largest absolute Gasteiger partial charge is 0.383 e. The maximum absolute atomic E-state index is 11.6. The highest BCUT2D eigenvalue weighted by Crippen LogP contribution is 2.18. The van der Waals surface area contributed by atoms with E-state index in [2.05, 4.69) is 20.6 Å². The van der Waals surface area contributed by atoms with Crippen LogP contribution >= 0.6 is 0 Å². The molecule has 2 N–H and O–H groups in total.